The standard InChI is InChI=1S/C15H22O3/c1-4-10(13(17)18)5-7-15-8-6-11(9-12(15)16)14(15,2)3/h5,11H,4,6-9H2,1-3H3,(H,17,18). The number of carbonyl (C=O) groups is 2. The Kier molecular flexibility index (Phi) is 3.12. The van der Waals surface area contributed by atoms with Gasteiger partial charge in [-0.1, -0.05) is 26.8 Å². The number of carboxylic acids is 1. The summed E-state index contributed by atoms with van der Waals surface area (Å²) in [5.74, 6) is -0.0131. The molecule has 0 aliphatic heterocycles. The van der Waals surface area contributed by atoms with Crippen molar-refractivity contribution in [2.24, 2.45) is 16.7 Å². The van der Waals surface area contributed by atoms with E-state index >= 15 is 0 Å². The maximum absolute atomic E-state index is 12.3. The van der Waals surface area contributed by atoms with Crippen molar-refractivity contribution in [3.8, 4) is 0 Å². The Bertz CT molecular complexity index is 419. The van der Waals surface area contributed by atoms with Crippen LogP contribution in [0.4, 0.5) is 0 Å². The average molecular weight is 250 g/mol. The third kappa shape index (κ3) is 1.63. The van der Waals surface area contributed by atoms with Crippen molar-refractivity contribution in [2.75, 3.05) is 0 Å². The lowest BCUT2D eigenvalue weighted by molar-refractivity contribution is -0.133. The number of allylic oxidation sites excluding steroid dienone is 1. The second-order valence-corrected chi connectivity index (χ2v) is 6.26. The molecule has 2 fully saturated rings. The van der Waals surface area contributed by atoms with Crippen LogP contribution in [0.1, 0.15) is 52.9 Å². The summed E-state index contributed by atoms with van der Waals surface area (Å²) in [6.07, 6.45) is 5.64. The van der Waals surface area contributed by atoms with E-state index in [0.717, 1.165) is 12.8 Å². The summed E-state index contributed by atoms with van der Waals surface area (Å²) in [5, 5.41) is 9.06. The van der Waals surface area contributed by atoms with Crippen molar-refractivity contribution in [1.29, 1.82) is 0 Å². The Morgan fingerprint density at radius 1 is 1.50 bits per heavy atom. The molecule has 2 bridgehead atoms. The number of rotatable bonds is 4. The van der Waals surface area contributed by atoms with Gasteiger partial charge >= 0.3 is 5.97 Å². The first kappa shape index (κ1) is 13.3. The monoisotopic (exact) mass is 250 g/mol. The van der Waals surface area contributed by atoms with Crippen molar-refractivity contribution in [3.05, 3.63) is 11.6 Å². The van der Waals surface area contributed by atoms with Crippen molar-refractivity contribution in [2.45, 2.75) is 52.9 Å². The van der Waals surface area contributed by atoms with Crippen LogP contribution < -0.4 is 0 Å². The van der Waals surface area contributed by atoms with E-state index in [1.165, 1.54) is 0 Å². The molecule has 18 heavy (non-hydrogen) atoms. The van der Waals surface area contributed by atoms with Gasteiger partial charge in [0, 0.05) is 17.4 Å². The van der Waals surface area contributed by atoms with Crippen molar-refractivity contribution in [3.63, 3.8) is 0 Å². The van der Waals surface area contributed by atoms with Gasteiger partial charge in [-0.25, -0.2) is 4.79 Å². The summed E-state index contributed by atoms with van der Waals surface area (Å²) in [5.41, 5.74) is 0.161. The van der Waals surface area contributed by atoms with Crippen LogP contribution in [0, 0.1) is 16.7 Å². The van der Waals surface area contributed by atoms with Crippen LogP contribution >= 0.6 is 0 Å². The Labute approximate surface area is 108 Å². The molecule has 0 aromatic carbocycles. The minimum atomic E-state index is -0.855. The number of carboxylic acid groups (broad SMARTS) is 1. The second-order valence-electron chi connectivity index (χ2n) is 6.26. The zero-order valence-electron chi connectivity index (χ0n) is 11.5. The molecule has 0 aromatic rings. The highest BCUT2D eigenvalue weighted by atomic mass is 16.4. The van der Waals surface area contributed by atoms with E-state index in [1.54, 1.807) is 6.08 Å². The van der Waals surface area contributed by atoms with Gasteiger partial charge in [0.1, 0.15) is 5.78 Å². The smallest absolute Gasteiger partial charge is 0.331 e. The zero-order chi connectivity index (χ0) is 13.6. The molecular weight excluding hydrogens is 228 g/mol. The van der Waals surface area contributed by atoms with Crippen LogP contribution in [-0.4, -0.2) is 16.9 Å². The largest absolute Gasteiger partial charge is 0.478 e. The van der Waals surface area contributed by atoms with E-state index in [0.29, 0.717) is 36.5 Å². The van der Waals surface area contributed by atoms with E-state index < -0.39 is 5.97 Å². The lowest BCUT2D eigenvalue weighted by atomic mass is 9.66. The van der Waals surface area contributed by atoms with Crippen LogP contribution in [0.3, 0.4) is 0 Å². The maximum Gasteiger partial charge on any atom is 0.331 e. The van der Waals surface area contributed by atoms with Gasteiger partial charge in [0.15, 0.2) is 0 Å². The minimum Gasteiger partial charge on any atom is -0.478 e. The average Bonchev–Trinajstić information content (AvgIpc) is 2.63. The van der Waals surface area contributed by atoms with Gasteiger partial charge < -0.3 is 5.11 Å². The van der Waals surface area contributed by atoms with Crippen molar-refractivity contribution in [1.82, 2.24) is 0 Å². The SMILES string of the molecule is CCC(=CCC12CCC(CC1=O)C2(C)C)C(=O)O. The van der Waals surface area contributed by atoms with E-state index in [4.69, 9.17) is 5.11 Å². The second kappa shape index (κ2) is 4.22. The van der Waals surface area contributed by atoms with Crippen molar-refractivity contribution >= 4 is 11.8 Å². The predicted molar refractivity (Wildman–Crippen MR) is 69.2 cm³/mol. The fraction of sp³-hybridized carbons (Fsp3) is 0.733. The normalized spacial score (nSPS) is 34.1. The summed E-state index contributed by atoms with van der Waals surface area (Å²) in [7, 11) is 0. The Hall–Kier alpha value is -1.12. The molecule has 0 heterocycles. The summed E-state index contributed by atoms with van der Waals surface area (Å²) < 4.78 is 0. The van der Waals surface area contributed by atoms with Crippen LogP contribution in [0.15, 0.2) is 11.6 Å². The molecule has 0 amide bonds. The van der Waals surface area contributed by atoms with E-state index in [2.05, 4.69) is 13.8 Å². The van der Waals surface area contributed by atoms with Gasteiger partial charge in [-0.15, -0.1) is 0 Å². The highest BCUT2D eigenvalue weighted by Crippen LogP contribution is 2.65. The number of fused-ring (bicyclic) bond motifs is 2. The highest BCUT2D eigenvalue weighted by molar-refractivity contribution is 5.90. The first-order valence-corrected chi connectivity index (χ1v) is 6.81. The lowest BCUT2D eigenvalue weighted by Gasteiger charge is -2.35. The Morgan fingerprint density at radius 2 is 2.17 bits per heavy atom. The number of ketones is 1. The minimum absolute atomic E-state index is 0.0257. The molecule has 2 atom stereocenters. The number of hydrogen-bond acceptors (Lipinski definition) is 2. The summed E-state index contributed by atoms with van der Waals surface area (Å²) >= 11 is 0. The van der Waals surface area contributed by atoms with Gasteiger partial charge in [-0.05, 0) is 37.0 Å². The number of aliphatic carboxylic acids is 1. The molecule has 3 heteroatoms. The van der Waals surface area contributed by atoms with Crippen molar-refractivity contribution < 1.29 is 14.7 Å². The fourth-order valence-electron chi connectivity index (χ4n) is 3.93. The van der Waals surface area contributed by atoms with E-state index in [-0.39, 0.29) is 10.8 Å². The molecule has 0 saturated heterocycles. The van der Waals surface area contributed by atoms with Crippen LogP contribution in [0.25, 0.3) is 0 Å². The van der Waals surface area contributed by atoms with Crippen LogP contribution in [0.2, 0.25) is 0 Å². The Balaban J connectivity index is 2.27. The fourth-order valence-corrected chi connectivity index (χ4v) is 3.93. The first-order valence-electron chi connectivity index (χ1n) is 6.81. The zero-order valence-corrected chi connectivity index (χ0v) is 11.5. The molecule has 0 radical (unpaired) electrons. The summed E-state index contributed by atoms with van der Waals surface area (Å²) in [4.78, 5) is 23.3. The third-order valence-electron chi connectivity index (χ3n) is 5.49. The Morgan fingerprint density at radius 3 is 2.56 bits per heavy atom. The van der Waals surface area contributed by atoms with Gasteiger partial charge in [-0.3, -0.25) is 4.79 Å². The quantitative estimate of drug-likeness (QED) is 0.779. The molecule has 2 aliphatic rings. The van der Waals surface area contributed by atoms with Gasteiger partial charge in [0.05, 0.1) is 0 Å². The molecular formula is C15H22O3. The molecule has 0 aromatic heterocycles. The van der Waals surface area contributed by atoms with E-state index in [1.807, 2.05) is 6.92 Å². The topological polar surface area (TPSA) is 54.4 Å². The predicted octanol–water partition coefficient (Wildman–Crippen LogP) is 3.19. The van der Waals surface area contributed by atoms with Gasteiger partial charge in [0.2, 0.25) is 0 Å². The maximum atomic E-state index is 12.3. The number of carbonyl (C=O) groups excluding carboxylic acids is 1. The molecule has 2 saturated carbocycles. The third-order valence-corrected chi connectivity index (χ3v) is 5.49. The van der Waals surface area contributed by atoms with Gasteiger partial charge in [-0.2, -0.15) is 0 Å². The molecule has 1 N–H and O–H groups in total. The van der Waals surface area contributed by atoms with Crippen LogP contribution in [-0.2, 0) is 9.59 Å². The summed E-state index contributed by atoms with van der Waals surface area (Å²) in [6, 6.07) is 0. The lowest BCUT2D eigenvalue weighted by Crippen LogP contribution is -2.35. The van der Waals surface area contributed by atoms with Gasteiger partial charge in [0.25, 0.3) is 0 Å². The number of hydrogen-bond donors (Lipinski definition) is 1. The molecule has 2 aliphatic carbocycles. The molecule has 3 nitrogen and oxygen atoms in total. The molecule has 2 unspecified atom stereocenters. The summed E-state index contributed by atoms with van der Waals surface area (Å²) in [6.45, 7) is 6.20. The molecule has 0 spiro atoms. The highest BCUT2D eigenvalue weighted by Gasteiger charge is 2.63. The molecule has 2 rings (SSSR count). The van der Waals surface area contributed by atoms with E-state index in [9.17, 15) is 9.59 Å². The first-order chi connectivity index (χ1) is 8.35. The number of Topliss-reactive ketones (excluding diaryl/α,β-unsaturated/α-hetero) is 1. The molecule has 100 valence electrons. The van der Waals surface area contributed by atoms with Crippen LogP contribution in [0.5, 0.6) is 0 Å².